The van der Waals surface area contributed by atoms with Crippen molar-refractivity contribution < 1.29 is 0 Å². The van der Waals surface area contributed by atoms with Gasteiger partial charge in [-0.2, -0.15) is 0 Å². The van der Waals surface area contributed by atoms with E-state index in [-0.39, 0.29) is 0 Å². The van der Waals surface area contributed by atoms with Gasteiger partial charge < -0.3 is 0 Å². The van der Waals surface area contributed by atoms with Crippen molar-refractivity contribution in [1.82, 2.24) is 0 Å². The van der Waals surface area contributed by atoms with Gasteiger partial charge in [0.1, 0.15) is 0 Å². The Morgan fingerprint density at radius 1 is 0.619 bits per heavy atom. The molecule has 2 aromatic rings. The third-order valence-corrected chi connectivity index (χ3v) is 25.4. The van der Waals surface area contributed by atoms with Crippen molar-refractivity contribution in [2.45, 2.75) is 33.3 Å². The average Bonchev–Trinajstić information content (AvgIpc) is 2.49. The van der Waals surface area contributed by atoms with Crippen LogP contribution in [0.25, 0.3) is 0 Å². The average molecular weight is 417 g/mol. The summed E-state index contributed by atoms with van der Waals surface area (Å²) < 4.78 is 1.94. The molecule has 2 atom stereocenters. The predicted octanol–water partition coefficient (Wildman–Crippen LogP) is 4.23. The van der Waals surface area contributed by atoms with E-state index in [1.54, 1.807) is 11.1 Å². The Labute approximate surface area is 143 Å². The molecule has 0 aliphatic rings. The molecule has 0 aliphatic heterocycles. The Bertz CT molecular complexity index is 476. The van der Waals surface area contributed by atoms with E-state index in [4.69, 9.17) is 0 Å². The van der Waals surface area contributed by atoms with Crippen LogP contribution in [0.4, 0.5) is 0 Å². The van der Waals surface area contributed by atoms with E-state index in [0.29, 0.717) is 0 Å². The fourth-order valence-electron chi connectivity index (χ4n) is 2.86. The van der Waals surface area contributed by atoms with Crippen LogP contribution >= 0.6 is 0 Å². The second-order valence-electron chi connectivity index (χ2n) is 6.43. The summed E-state index contributed by atoms with van der Waals surface area (Å²) in [4.78, 5) is 0. The van der Waals surface area contributed by atoms with Crippen molar-refractivity contribution in [2.24, 2.45) is 0 Å². The molecule has 0 nitrogen and oxygen atoms in total. The third kappa shape index (κ3) is 4.83. The van der Waals surface area contributed by atoms with Crippen LogP contribution in [0, 0.1) is 0 Å². The molecular formula is C18H26Si2Sn. The first kappa shape index (κ1) is 17.0. The van der Waals surface area contributed by atoms with Crippen LogP contribution < -0.4 is 0 Å². The molecular weight excluding hydrogens is 391 g/mol. The maximum absolute atomic E-state index is 2.54. The van der Waals surface area contributed by atoms with E-state index in [9.17, 15) is 0 Å². The molecule has 2 unspecified atom stereocenters. The van der Waals surface area contributed by atoms with Crippen LogP contribution in [0.15, 0.2) is 60.7 Å². The second kappa shape index (κ2) is 8.34. The molecule has 2 rings (SSSR count). The Balaban J connectivity index is 2.25. The van der Waals surface area contributed by atoms with Crippen molar-refractivity contribution in [3.63, 3.8) is 0 Å². The fourth-order valence-corrected chi connectivity index (χ4v) is 19.8. The van der Waals surface area contributed by atoms with E-state index in [1.807, 2.05) is 0 Å². The molecule has 0 N–H and O–H groups in total. The van der Waals surface area contributed by atoms with Crippen LogP contribution in [0.5, 0.6) is 0 Å². The van der Waals surface area contributed by atoms with Gasteiger partial charge in [-0.05, 0) is 0 Å². The number of benzene rings is 2. The van der Waals surface area contributed by atoms with Crippen LogP contribution in [-0.4, -0.2) is 38.7 Å². The summed E-state index contributed by atoms with van der Waals surface area (Å²) in [5.41, 5.74) is 3.28. The van der Waals surface area contributed by atoms with E-state index in [2.05, 4.69) is 86.9 Å². The molecule has 0 aliphatic carbocycles. The molecule has 0 bridgehead atoms. The minimum atomic E-state index is -0.635. The summed E-state index contributed by atoms with van der Waals surface area (Å²) in [6, 6.07) is 22.7. The van der Waals surface area contributed by atoms with E-state index < -0.39 is 38.7 Å². The van der Waals surface area contributed by atoms with E-state index in [0.717, 1.165) is 7.11 Å². The van der Waals surface area contributed by atoms with Crippen LogP contribution in [0.3, 0.4) is 0 Å². The Morgan fingerprint density at radius 3 is 1.24 bits per heavy atom. The SMILES string of the molecule is C[SiH](C)[CH]([Sn][CH](c1ccccc1)[SiH](C)C)c1ccccc1. The summed E-state index contributed by atoms with van der Waals surface area (Å²) in [5, 5.41) is 0. The van der Waals surface area contributed by atoms with Gasteiger partial charge in [0.25, 0.3) is 0 Å². The number of rotatable bonds is 6. The zero-order valence-electron chi connectivity index (χ0n) is 13.6. The van der Waals surface area contributed by atoms with Crippen molar-refractivity contribution in [3.05, 3.63) is 71.8 Å². The Hall–Kier alpha value is -0.328. The van der Waals surface area contributed by atoms with Gasteiger partial charge in [0.15, 0.2) is 0 Å². The van der Waals surface area contributed by atoms with E-state index >= 15 is 0 Å². The van der Waals surface area contributed by atoms with Crippen molar-refractivity contribution in [3.8, 4) is 0 Å². The summed E-state index contributed by atoms with van der Waals surface area (Å²) in [6.45, 7) is 10.2. The van der Waals surface area contributed by atoms with Gasteiger partial charge in [-0.25, -0.2) is 0 Å². The zero-order chi connectivity index (χ0) is 15.2. The van der Waals surface area contributed by atoms with Gasteiger partial charge in [0.05, 0.1) is 0 Å². The molecule has 0 heterocycles. The summed E-state index contributed by atoms with van der Waals surface area (Å²) >= 11 is -0.460. The van der Waals surface area contributed by atoms with Gasteiger partial charge in [-0.3, -0.25) is 0 Å². The normalized spacial score (nSPS) is 14.4. The van der Waals surface area contributed by atoms with Crippen LogP contribution in [0.2, 0.25) is 26.2 Å². The number of hydrogen-bond acceptors (Lipinski definition) is 0. The van der Waals surface area contributed by atoms with Crippen LogP contribution in [-0.2, 0) is 0 Å². The molecule has 2 radical (unpaired) electrons. The molecule has 110 valence electrons. The first-order valence-corrected chi connectivity index (χ1v) is 17.2. The Morgan fingerprint density at radius 2 is 0.952 bits per heavy atom. The van der Waals surface area contributed by atoms with Gasteiger partial charge >= 0.3 is 144 Å². The van der Waals surface area contributed by atoms with E-state index in [1.165, 1.54) is 0 Å². The molecule has 0 amide bonds. The quantitative estimate of drug-likeness (QED) is 0.618. The first-order valence-electron chi connectivity index (χ1n) is 7.95. The summed E-state index contributed by atoms with van der Waals surface area (Å²) in [5.74, 6) is 0. The maximum atomic E-state index is 2.54. The zero-order valence-corrected chi connectivity index (χ0v) is 18.7. The molecule has 0 saturated heterocycles. The monoisotopic (exact) mass is 418 g/mol. The minimum absolute atomic E-state index is 0.460. The first-order chi connectivity index (χ1) is 10.1. The van der Waals surface area contributed by atoms with Crippen LogP contribution in [0.1, 0.15) is 18.2 Å². The standard InChI is InChI=1S/2C9H13Si.Sn/c2*1-10(2)8-9-6-4-3-5-7-9;/h2*3-8,10H,1-2H3;. The molecule has 0 spiro atoms. The second-order valence-corrected chi connectivity index (χ2v) is 21.0. The fraction of sp³-hybridized carbons (Fsp3) is 0.333. The summed E-state index contributed by atoms with van der Waals surface area (Å²) in [6.07, 6.45) is 0. The third-order valence-electron chi connectivity index (χ3n) is 4.01. The van der Waals surface area contributed by atoms with Crippen molar-refractivity contribution >= 4 is 38.7 Å². The summed E-state index contributed by atoms with van der Waals surface area (Å²) in [7, 11) is -1.27. The molecule has 0 saturated carbocycles. The molecule has 0 fully saturated rings. The molecule has 2 aromatic carbocycles. The van der Waals surface area contributed by atoms with Crippen molar-refractivity contribution in [1.29, 1.82) is 0 Å². The topological polar surface area (TPSA) is 0 Å². The molecule has 21 heavy (non-hydrogen) atoms. The van der Waals surface area contributed by atoms with Gasteiger partial charge in [0, 0.05) is 0 Å². The molecule has 3 heteroatoms. The Kier molecular flexibility index (Phi) is 6.77. The number of hydrogen-bond donors (Lipinski definition) is 0. The van der Waals surface area contributed by atoms with Gasteiger partial charge in [0.2, 0.25) is 0 Å². The van der Waals surface area contributed by atoms with Crippen molar-refractivity contribution in [2.75, 3.05) is 0 Å². The predicted molar refractivity (Wildman–Crippen MR) is 102 cm³/mol. The molecule has 0 aromatic heterocycles. The van der Waals surface area contributed by atoms with Gasteiger partial charge in [-0.1, -0.05) is 0 Å². The van der Waals surface area contributed by atoms with Gasteiger partial charge in [-0.15, -0.1) is 0 Å².